The standard InChI is InChI=1S/C17H23Br2NO4/c1-16(2,3)23-14(21)20(15(22)24-17(4,5)6)13-8-7-11(10-18)9-12(13)19/h7-9H,10H2,1-6H3. The first-order chi connectivity index (χ1) is 10.8. The van der Waals surface area contributed by atoms with E-state index in [1.165, 1.54) is 0 Å². The van der Waals surface area contributed by atoms with Crippen molar-refractivity contribution in [3.05, 3.63) is 28.2 Å². The number of imide groups is 1. The second-order valence-electron chi connectivity index (χ2n) is 7.22. The van der Waals surface area contributed by atoms with E-state index in [9.17, 15) is 9.59 Å². The highest BCUT2D eigenvalue weighted by atomic mass is 79.9. The zero-order valence-electron chi connectivity index (χ0n) is 14.8. The molecule has 0 bridgehead atoms. The van der Waals surface area contributed by atoms with Gasteiger partial charge in [0.1, 0.15) is 11.2 Å². The number of benzene rings is 1. The van der Waals surface area contributed by atoms with E-state index >= 15 is 0 Å². The number of anilines is 1. The van der Waals surface area contributed by atoms with Crippen LogP contribution in [0, 0.1) is 0 Å². The average molecular weight is 465 g/mol. The van der Waals surface area contributed by atoms with Crippen LogP contribution in [0.1, 0.15) is 47.1 Å². The number of carbonyl (C=O) groups is 2. The number of nitrogens with zero attached hydrogens (tertiary/aromatic N) is 1. The summed E-state index contributed by atoms with van der Waals surface area (Å²) in [6.45, 7) is 10.4. The summed E-state index contributed by atoms with van der Waals surface area (Å²) in [4.78, 5) is 26.0. The molecule has 0 spiro atoms. The first-order valence-electron chi connectivity index (χ1n) is 7.44. The van der Waals surface area contributed by atoms with Crippen molar-refractivity contribution in [2.75, 3.05) is 4.90 Å². The molecular formula is C17H23Br2NO4. The van der Waals surface area contributed by atoms with Crippen LogP contribution in [0.3, 0.4) is 0 Å². The molecule has 0 N–H and O–H groups in total. The molecule has 0 saturated carbocycles. The van der Waals surface area contributed by atoms with Crippen LogP contribution in [-0.4, -0.2) is 23.4 Å². The van der Waals surface area contributed by atoms with Crippen molar-refractivity contribution >= 4 is 49.7 Å². The van der Waals surface area contributed by atoms with E-state index in [-0.39, 0.29) is 0 Å². The molecule has 0 aliphatic rings. The minimum atomic E-state index is -0.788. The lowest BCUT2D eigenvalue weighted by atomic mass is 10.2. The molecule has 0 unspecified atom stereocenters. The van der Waals surface area contributed by atoms with Gasteiger partial charge in [-0.25, -0.2) is 9.59 Å². The van der Waals surface area contributed by atoms with Gasteiger partial charge in [0.25, 0.3) is 0 Å². The highest BCUT2D eigenvalue weighted by Gasteiger charge is 2.33. The van der Waals surface area contributed by atoms with Crippen LogP contribution in [-0.2, 0) is 14.8 Å². The maximum absolute atomic E-state index is 12.6. The molecule has 0 heterocycles. The molecule has 1 aromatic carbocycles. The fourth-order valence-corrected chi connectivity index (χ4v) is 2.65. The van der Waals surface area contributed by atoms with Crippen molar-refractivity contribution < 1.29 is 19.1 Å². The van der Waals surface area contributed by atoms with Crippen LogP contribution in [0.5, 0.6) is 0 Å². The van der Waals surface area contributed by atoms with Crippen molar-refractivity contribution in [2.24, 2.45) is 0 Å². The molecule has 1 aromatic rings. The van der Waals surface area contributed by atoms with E-state index in [4.69, 9.17) is 9.47 Å². The molecule has 0 aliphatic carbocycles. The quantitative estimate of drug-likeness (QED) is 0.502. The molecule has 0 fully saturated rings. The van der Waals surface area contributed by atoms with Crippen LogP contribution in [0.25, 0.3) is 0 Å². The maximum Gasteiger partial charge on any atom is 0.424 e. The van der Waals surface area contributed by atoms with Gasteiger partial charge in [0.2, 0.25) is 0 Å². The first-order valence-corrected chi connectivity index (χ1v) is 9.36. The average Bonchev–Trinajstić information content (AvgIpc) is 2.36. The molecule has 2 amide bonds. The third kappa shape index (κ3) is 6.43. The Balaban J connectivity index is 3.27. The Kier molecular flexibility index (Phi) is 6.87. The fraction of sp³-hybridized carbons (Fsp3) is 0.529. The molecule has 0 atom stereocenters. The van der Waals surface area contributed by atoms with Gasteiger partial charge >= 0.3 is 12.2 Å². The van der Waals surface area contributed by atoms with Gasteiger partial charge in [-0.05, 0) is 75.2 Å². The highest BCUT2D eigenvalue weighted by molar-refractivity contribution is 9.10. The molecule has 134 valence electrons. The Morgan fingerprint density at radius 3 is 1.79 bits per heavy atom. The molecule has 0 radical (unpaired) electrons. The lowest BCUT2D eigenvalue weighted by Crippen LogP contribution is -2.44. The SMILES string of the molecule is CC(C)(C)OC(=O)N(C(=O)OC(C)(C)C)c1ccc(CBr)cc1Br. The summed E-state index contributed by atoms with van der Waals surface area (Å²) in [7, 11) is 0. The Morgan fingerprint density at radius 2 is 1.46 bits per heavy atom. The Morgan fingerprint density at radius 1 is 1.00 bits per heavy atom. The summed E-state index contributed by atoms with van der Waals surface area (Å²) in [5.74, 6) is 0. The highest BCUT2D eigenvalue weighted by Crippen LogP contribution is 2.30. The third-order valence-electron chi connectivity index (χ3n) is 2.56. The molecule has 0 saturated heterocycles. The minimum Gasteiger partial charge on any atom is -0.443 e. The van der Waals surface area contributed by atoms with Gasteiger partial charge in [0.05, 0.1) is 5.69 Å². The topological polar surface area (TPSA) is 55.8 Å². The van der Waals surface area contributed by atoms with Crippen LogP contribution in [0.15, 0.2) is 22.7 Å². The van der Waals surface area contributed by atoms with E-state index in [1.807, 2.05) is 12.1 Å². The van der Waals surface area contributed by atoms with Crippen molar-refractivity contribution in [1.82, 2.24) is 0 Å². The summed E-state index contributed by atoms with van der Waals surface area (Å²) in [6, 6.07) is 5.32. The smallest absolute Gasteiger partial charge is 0.424 e. The normalized spacial score (nSPS) is 11.8. The van der Waals surface area contributed by atoms with Crippen molar-refractivity contribution in [2.45, 2.75) is 58.1 Å². The predicted octanol–water partition coefficient (Wildman–Crippen LogP) is 6.02. The largest absolute Gasteiger partial charge is 0.443 e. The molecule has 1 rings (SSSR count). The second kappa shape index (κ2) is 7.87. The molecular weight excluding hydrogens is 442 g/mol. The number of rotatable bonds is 2. The number of carbonyl (C=O) groups excluding carboxylic acids is 2. The monoisotopic (exact) mass is 463 g/mol. The van der Waals surface area contributed by atoms with Gasteiger partial charge in [-0.3, -0.25) is 0 Å². The van der Waals surface area contributed by atoms with Crippen LogP contribution < -0.4 is 4.90 Å². The molecule has 7 heteroatoms. The van der Waals surface area contributed by atoms with Gasteiger partial charge in [0, 0.05) is 9.80 Å². The van der Waals surface area contributed by atoms with Gasteiger partial charge in [-0.2, -0.15) is 4.90 Å². The number of amides is 2. The summed E-state index contributed by atoms with van der Waals surface area (Å²) in [6.07, 6.45) is -1.58. The summed E-state index contributed by atoms with van der Waals surface area (Å²) < 4.78 is 11.3. The zero-order valence-corrected chi connectivity index (χ0v) is 17.9. The number of halogens is 2. The van der Waals surface area contributed by atoms with Gasteiger partial charge in [-0.15, -0.1) is 0 Å². The third-order valence-corrected chi connectivity index (χ3v) is 3.84. The fourth-order valence-electron chi connectivity index (χ4n) is 1.70. The Bertz CT molecular complexity index is 590. The number of ether oxygens (including phenoxy) is 2. The van der Waals surface area contributed by atoms with Gasteiger partial charge in [0.15, 0.2) is 0 Å². The molecule has 0 aliphatic heterocycles. The van der Waals surface area contributed by atoms with Crippen molar-refractivity contribution in [3.8, 4) is 0 Å². The first kappa shape index (κ1) is 21.0. The van der Waals surface area contributed by atoms with E-state index in [1.54, 1.807) is 47.6 Å². The molecule has 0 aromatic heterocycles. The van der Waals surface area contributed by atoms with Crippen LogP contribution in [0.2, 0.25) is 0 Å². The van der Waals surface area contributed by atoms with E-state index in [2.05, 4.69) is 31.9 Å². The predicted molar refractivity (Wildman–Crippen MR) is 102 cm³/mol. The van der Waals surface area contributed by atoms with Crippen LogP contribution in [0.4, 0.5) is 15.3 Å². The minimum absolute atomic E-state index is 0.364. The summed E-state index contributed by atoms with van der Waals surface area (Å²) in [5.41, 5.74) is -0.110. The number of alkyl halides is 1. The summed E-state index contributed by atoms with van der Waals surface area (Å²) >= 11 is 6.78. The van der Waals surface area contributed by atoms with E-state index in [0.29, 0.717) is 15.5 Å². The molecule has 5 nitrogen and oxygen atoms in total. The lowest BCUT2D eigenvalue weighted by Gasteiger charge is -2.29. The number of hydrogen-bond acceptors (Lipinski definition) is 4. The van der Waals surface area contributed by atoms with Crippen LogP contribution >= 0.6 is 31.9 Å². The van der Waals surface area contributed by atoms with Gasteiger partial charge < -0.3 is 9.47 Å². The maximum atomic E-state index is 12.6. The lowest BCUT2D eigenvalue weighted by molar-refractivity contribution is 0.0430. The van der Waals surface area contributed by atoms with Crippen molar-refractivity contribution in [1.29, 1.82) is 0 Å². The zero-order chi connectivity index (χ0) is 18.7. The Labute approximate surface area is 159 Å². The summed E-state index contributed by atoms with van der Waals surface area (Å²) in [5, 5.41) is 0.657. The van der Waals surface area contributed by atoms with Crippen molar-refractivity contribution in [3.63, 3.8) is 0 Å². The Hall–Kier alpha value is -1.08. The second-order valence-corrected chi connectivity index (χ2v) is 8.63. The number of hydrogen-bond donors (Lipinski definition) is 0. The van der Waals surface area contributed by atoms with E-state index < -0.39 is 23.4 Å². The molecule has 24 heavy (non-hydrogen) atoms. The van der Waals surface area contributed by atoms with E-state index in [0.717, 1.165) is 10.5 Å². The van der Waals surface area contributed by atoms with Gasteiger partial charge in [-0.1, -0.05) is 22.0 Å².